The van der Waals surface area contributed by atoms with Crippen molar-refractivity contribution in [3.05, 3.63) is 65.0 Å². The predicted molar refractivity (Wildman–Crippen MR) is 98.5 cm³/mol. The van der Waals surface area contributed by atoms with E-state index in [-0.39, 0.29) is 17.7 Å². The fourth-order valence-corrected chi connectivity index (χ4v) is 2.67. The highest BCUT2D eigenvalue weighted by Crippen LogP contribution is 2.19. The summed E-state index contributed by atoms with van der Waals surface area (Å²) >= 11 is 0. The zero-order valence-electron chi connectivity index (χ0n) is 14.7. The first kappa shape index (κ1) is 17.2. The van der Waals surface area contributed by atoms with E-state index in [0.717, 1.165) is 11.3 Å². The van der Waals surface area contributed by atoms with Gasteiger partial charge in [-0.05, 0) is 36.1 Å². The number of carbonyl (C=O) groups excluding carboxylic acids is 1. The molecule has 0 spiro atoms. The Morgan fingerprint density at radius 1 is 1.16 bits per heavy atom. The highest BCUT2D eigenvalue weighted by atomic mass is 16.3. The Morgan fingerprint density at radius 3 is 2.52 bits per heavy atom. The van der Waals surface area contributed by atoms with E-state index in [9.17, 15) is 4.79 Å². The van der Waals surface area contributed by atoms with Gasteiger partial charge in [-0.15, -0.1) is 0 Å². The van der Waals surface area contributed by atoms with Gasteiger partial charge in [0.2, 0.25) is 0 Å². The van der Waals surface area contributed by atoms with Crippen molar-refractivity contribution < 1.29 is 9.21 Å². The van der Waals surface area contributed by atoms with Crippen LogP contribution in [0.15, 0.2) is 46.9 Å². The van der Waals surface area contributed by atoms with Crippen LogP contribution < -0.4 is 11.1 Å². The minimum absolute atomic E-state index is 0.246. The topological polar surface area (TPSA) is 81.2 Å². The van der Waals surface area contributed by atoms with Crippen molar-refractivity contribution in [1.29, 1.82) is 0 Å². The van der Waals surface area contributed by atoms with Gasteiger partial charge in [0.1, 0.15) is 5.52 Å². The van der Waals surface area contributed by atoms with Gasteiger partial charge in [0.25, 0.3) is 5.91 Å². The summed E-state index contributed by atoms with van der Waals surface area (Å²) in [6.45, 7) is 6.54. The Hall–Kier alpha value is -2.66. The summed E-state index contributed by atoms with van der Waals surface area (Å²) in [5.74, 6) is 0.440. The van der Waals surface area contributed by atoms with Crippen molar-refractivity contribution in [2.45, 2.75) is 32.7 Å². The van der Waals surface area contributed by atoms with Crippen molar-refractivity contribution >= 4 is 17.0 Å². The quantitative estimate of drug-likeness (QED) is 0.744. The maximum atomic E-state index is 12.3. The first-order chi connectivity index (χ1) is 11.9. The molecule has 0 fully saturated rings. The number of nitrogens with zero attached hydrogens (tertiary/aromatic N) is 1. The number of amides is 1. The number of nitrogens with two attached hydrogens (primary N) is 1. The lowest BCUT2D eigenvalue weighted by Crippen LogP contribution is -2.31. The molecular formula is C20H23N3O2. The van der Waals surface area contributed by atoms with Crippen LogP contribution in [0, 0.1) is 6.92 Å². The van der Waals surface area contributed by atoms with Gasteiger partial charge in [-0.1, -0.05) is 38.1 Å². The Bertz CT molecular complexity index is 882. The lowest BCUT2D eigenvalue weighted by atomic mass is 9.99. The highest BCUT2D eigenvalue weighted by molar-refractivity contribution is 5.95. The van der Waals surface area contributed by atoms with Crippen LogP contribution in [-0.4, -0.2) is 17.4 Å². The molecule has 0 aliphatic rings. The third kappa shape index (κ3) is 3.88. The van der Waals surface area contributed by atoms with Gasteiger partial charge in [-0.3, -0.25) is 4.79 Å². The maximum Gasteiger partial charge on any atom is 0.287 e. The highest BCUT2D eigenvalue weighted by Gasteiger charge is 2.15. The summed E-state index contributed by atoms with van der Waals surface area (Å²) in [6.07, 6.45) is 0. The van der Waals surface area contributed by atoms with Crippen LogP contribution in [0.2, 0.25) is 0 Å². The minimum Gasteiger partial charge on any atom is -0.449 e. The van der Waals surface area contributed by atoms with E-state index in [1.165, 1.54) is 5.56 Å². The number of rotatable bonds is 5. The van der Waals surface area contributed by atoms with Gasteiger partial charge in [-0.2, -0.15) is 0 Å². The molecule has 3 aromatic rings. The van der Waals surface area contributed by atoms with Crippen molar-refractivity contribution in [2.24, 2.45) is 5.73 Å². The molecule has 0 aliphatic carbocycles. The predicted octanol–water partition coefficient (Wildman–Crippen LogP) is 3.69. The van der Waals surface area contributed by atoms with E-state index in [0.29, 0.717) is 23.6 Å². The second kappa shape index (κ2) is 7.07. The van der Waals surface area contributed by atoms with E-state index in [4.69, 9.17) is 10.2 Å². The fourth-order valence-electron chi connectivity index (χ4n) is 2.67. The number of aryl methyl sites for hydroxylation is 1. The van der Waals surface area contributed by atoms with Crippen molar-refractivity contribution in [1.82, 2.24) is 10.3 Å². The molecule has 2 aromatic heterocycles. The number of furan rings is 1. The van der Waals surface area contributed by atoms with Crippen LogP contribution in [0.1, 0.15) is 53.2 Å². The monoisotopic (exact) mass is 337 g/mol. The zero-order chi connectivity index (χ0) is 18.0. The number of carbonyl (C=O) groups is 1. The van der Waals surface area contributed by atoms with Crippen molar-refractivity contribution in [3.8, 4) is 0 Å². The van der Waals surface area contributed by atoms with Gasteiger partial charge < -0.3 is 15.5 Å². The molecule has 5 nitrogen and oxygen atoms in total. The zero-order valence-corrected chi connectivity index (χ0v) is 14.7. The minimum atomic E-state index is -0.287. The van der Waals surface area contributed by atoms with E-state index in [1.54, 1.807) is 6.07 Å². The molecule has 1 amide bonds. The molecule has 3 N–H and O–H groups in total. The number of pyridine rings is 1. The van der Waals surface area contributed by atoms with Gasteiger partial charge in [0, 0.05) is 24.3 Å². The summed E-state index contributed by atoms with van der Waals surface area (Å²) in [5, 5.41) is 2.82. The molecule has 3 rings (SSSR count). The molecule has 1 unspecified atom stereocenters. The molecule has 5 heteroatoms. The Labute approximate surface area is 147 Å². The Balaban J connectivity index is 1.64. The Kier molecular flexibility index (Phi) is 4.86. The number of nitrogens with one attached hydrogen (secondary N) is 1. The number of fused-ring (bicyclic) bond motifs is 1. The van der Waals surface area contributed by atoms with Crippen LogP contribution in [0.4, 0.5) is 0 Å². The van der Waals surface area contributed by atoms with Crippen LogP contribution >= 0.6 is 0 Å². The summed E-state index contributed by atoms with van der Waals surface area (Å²) in [6, 6.07) is 13.2. The van der Waals surface area contributed by atoms with E-state index in [2.05, 4.69) is 36.3 Å². The second-order valence-corrected chi connectivity index (χ2v) is 6.58. The lowest BCUT2D eigenvalue weighted by Gasteiger charge is -2.14. The second-order valence-electron chi connectivity index (χ2n) is 6.58. The van der Waals surface area contributed by atoms with Crippen LogP contribution in [-0.2, 0) is 0 Å². The molecule has 0 radical (unpaired) electrons. The molecular weight excluding hydrogens is 314 g/mol. The molecule has 0 saturated heterocycles. The van der Waals surface area contributed by atoms with Crippen LogP contribution in [0.5, 0.6) is 0 Å². The summed E-state index contributed by atoms with van der Waals surface area (Å²) in [5.41, 5.74) is 10.6. The van der Waals surface area contributed by atoms with Crippen LogP contribution in [0.25, 0.3) is 11.1 Å². The van der Waals surface area contributed by atoms with E-state index >= 15 is 0 Å². The molecule has 1 aromatic carbocycles. The Morgan fingerprint density at radius 2 is 1.84 bits per heavy atom. The smallest absolute Gasteiger partial charge is 0.287 e. The molecule has 130 valence electrons. The molecule has 0 saturated carbocycles. The van der Waals surface area contributed by atoms with E-state index < -0.39 is 0 Å². The molecule has 1 atom stereocenters. The van der Waals surface area contributed by atoms with Crippen LogP contribution in [0.3, 0.4) is 0 Å². The lowest BCUT2D eigenvalue weighted by molar-refractivity contribution is 0.0925. The van der Waals surface area contributed by atoms with Crippen molar-refractivity contribution in [2.75, 3.05) is 6.54 Å². The summed E-state index contributed by atoms with van der Waals surface area (Å²) in [7, 11) is 0. The van der Waals surface area contributed by atoms with Gasteiger partial charge in [0.15, 0.2) is 11.3 Å². The van der Waals surface area contributed by atoms with Crippen molar-refractivity contribution in [3.63, 3.8) is 0 Å². The fraction of sp³-hybridized carbons (Fsp3) is 0.300. The third-order valence-corrected chi connectivity index (χ3v) is 4.25. The van der Waals surface area contributed by atoms with Gasteiger partial charge >= 0.3 is 0 Å². The molecule has 2 heterocycles. The third-order valence-electron chi connectivity index (χ3n) is 4.25. The standard InChI is InChI=1S/C20H23N3O2/c1-12(2)14-5-7-15(8-6-14)16(21)11-22-20(24)19-10-17-18(25-19)9-4-13(3)23-17/h4-10,12,16H,11,21H2,1-3H3,(H,22,24). The summed E-state index contributed by atoms with van der Waals surface area (Å²) in [4.78, 5) is 16.6. The molecule has 25 heavy (non-hydrogen) atoms. The summed E-state index contributed by atoms with van der Waals surface area (Å²) < 4.78 is 5.55. The number of benzene rings is 1. The normalized spacial score (nSPS) is 12.5. The number of aromatic nitrogens is 1. The SMILES string of the molecule is Cc1ccc2oc(C(=O)NCC(N)c3ccc(C(C)C)cc3)cc2n1. The largest absolute Gasteiger partial charge is 0.449 e. The maximum absolute atomic E-state index is 12.3. The molecule has 0 aliphatic heterocycles. The first-order valence-electron chi connectivity index (χ1n) is 8.45. The van der Waals surface area contributed by atoms with E-state index in [1.807, 2.05) is 31.2 Å². The van der Waals surface area contributed by atoms with Gasteiger partial charge in [0.05, 0.1) is 0 Å². The first-order valence-corrected chi connectivity index (χ1v) is 8.45. The van der Waals surface area contributed by atoms with Gasteiger partial charge in [-0.25, -0.2) is 4.98 Å². The average molecular weight is 337 g/mol. The number of hydrogen-bond donors (Lipinski definition) is 2. The number of hydrogen-bond acceptors (Lipinski definition) is 4. The molecule has 0 bridgehead atoms. The average Bonchev–Trinajstić information content (AvgIpc) is 3.02.